The fourth-order valence-electron chi connectivity index (χ4n) is 2.34. The van der Waals surface area contributed by atoms with E-state index in [-0.39, 0.29) is 6.61 Å². The summed E-state index contributed by atoms with van der Waals surface area (Å²) in [6.07, 6.45) is 0. The first-order valence-corrected chi connectivity index (χ1v) is 7.63. The lowest BCUT2D eigenvalue weighted by molar-refractivity contribution is 0.282. The van der Waals surface area contributed by atoms with Crippen LogP contribution in [0, 0.1) is 0 Å². The van der Waals surface area contributed by atoms with E-state index in [1.54, 1.807) is 0 Å². The fourth-order valence-corrected chi connectivity index (χ4v) is 4.01. The van der Waals surface area contributed by atoms with Crippen LogP contribution in [-0.4, -0.2) is 28.7 Å². The fraction of sp³-hybridized carbons (Fsp3) is 0.538. The molecule has 0 saturated carbocycles. The number of aliphatic hydroxyl groups is 1. The summed E-state index contributed by atoms with van der Waals surface area (Å²) in [5.74, 6) is 0. The average Bonchev–Trinajstić information content (AvgIpc) is 2.27. The summed E-state index contributed by atoms with van der Waals surface area (Å²) in [4.78, 5) is 2.39. The molecule has 0 amide bonds. The normalized spacial score (nSPS) is 25.1. The van der Waals surface area contributed by atoms with E-state index in [9.17, 15) is 5.11 Å². The lowest BCUT2D eigenvalue weighted by atomic mass is 10.1. The summed E-state index contributed by atoms with van der Waals surface area (Å²) in [5.41, 5.74) is 2.18. The highest BCUT2D eigenvalue weighted by molar-refractivity contribution is 9.10. The molecule has 1 N–H and O–H groups in total. The molecule has 1 heterocycles. The van der Waals surface area contributed by atoms with Gasteiger partial charge in [0.15, 0.2) is 0 Å². The third-order valence-electron chi connectivity index (χ3n) is 2.98. The number of benzene rings is 1. The summed E-state index contributed by atoms with van der Waals surface area (Å²) in [6.45, 7) is 6.75. The summed E-state index contributed by atoms with van der Waals surface area (Å²) < 4.78 is 1.07. The first-order valence-electron chi connectivity index (χ1n) is 5.90. The highest BCUT2D eigenvalue weighted by atomic mass is 79.9. The molecule has 2 atom stereocenters. The van der Waals surface area contributed by atoms with Crippen LogP contribution in [0.15, 0.2) is 22.7 Å². The number of hydrogen-bond acceptors (Lipinski definition) is 3. The van der Waals surface area contributed by atoms with Gasteiger partial charge in [0.25, 0.3) is 0 Å². The Morgan fingerprint density at radius 1 is 1.35 bits per heavy atom. The molecular weight excluding hydrogens is 298 g/mol. The molecule has 4 heteroatoms. The van der Waals surface area contributed by atoms with E-state index in [2.05, 4.69) is 40.7 Å². The van der Waals surface area contributed by atoms with Gasteiger partial charge in [-0.2, -0.15) is 11.8 Å². The molecule has 17 heavy (non-hydrogen) atoms. The Morgan fingerprint density at radius 3 is 2.59 bits per heavy atom. The van der Waals surface area contributed by atoms with Gasteiger partial charge in [0.2, 0.25) is 0 Å². The minimum Gasteiger partial charge on any atom is -0.392 e. The van der Waals surface area contributed by atoms with Crippen molar-refractivity contribution in [1.29, 1.82) is 0 Å². The van der Waals surface area contributed by atoms with Gasteiger partial charge in [-0.05, 0) is 12.1 Å². The number of aliphatic hydroxyl groups excluding tert-OH is 1. The van der Waals surface area contributed by atoms with Crippen molar-refractivity contribution in [3.8, 4) is 0 Å². The van der Waals surface area contributed by atoms with E-state index in [1.165, 1.54) is 5.69 Å². The largest absolute Gasteiger partial charge is 0.392 e. The Labute approximate surface area is 116 Å². The van der Waals surface area contributed by atoms with Crippen molar-refractivity contribution >= 4 is 33.4 Å². The molecule has 1 aliphatic rings. The zero-order valence-electron chi connectivity index (χ0n) is 10.2. The number of nitrogens with zero attached hydrogens (tertiary/aromatic N) is 1. The van der Waals surface area contributed by atoms with Crippen molar-refractivity contribution in [3.05, 3.63) is 28.2 Å². The lowest BCUT2D eigenvalue weighted by Gasteiger charge is -2.37. The molecular formula is C13H18BrNOS. The second kappa shape index (κ2) is 5.63. The predicted molar refractivity (Wildman–Crippen MR) is 78.8 cm³/mol. The zero-order chi connectivity index (χ0) is 12.4. The van der Waals surface area contributed by atoms with Crippen LogP contribution in [0.1, 0.15) is 19.4 Å². The van der Waals surface area contributed by atoms with Crippen LogP contribution in [-0.2, 0) is 6.61 Å². The zero-order valence-corrected chi connectivity index (χ0v) is 12.6. The van der Waals surface area contributed by atoms with Gasteiger partial charge in [0.1, 0.15) is 0 Å². The van der Waals surface area contributed by atoms with Gasteiger partial charge in [-0.3, -0.25) is 0 Å². The monoisotopic (exact) mass is 315 g/mol. The first kappa shape index (κ1) is 13.2. The van der Waals surface area contributed by atoms with Crippen LogP contribution >= 0.6 is 27.7 Å². The summed E-state index contributed by atoms with van der Waals surface area (Å²) in [6, 6.07) is 6.10. The maximum absolute atomic E-state index is 9.42. The van der Waals surface area contributed by atoms with Crippen LogP contribution in [0.4, 0.5) is 5.69 Å². The van der Waals surface area contributed by atoms with Crippen LogP contribution in [0.25, 0.3) is 0 Å². The molecule has 2 nitrogen and oxygen atoms in total. The maximum Gasteiger partial charge on any atom is 0.0702 e. The number of rotatable bonds is 2. The Hall–Kier alpha value is -0.190. The van der Waals surface area contributed by atoms with Gasteiger partial charge in [-0.15, -0.1) is 0 Å². The van der Waals surface area contributed by atoms with Gasteiger partial charge in [-0.1, -0.05) is 35.8 Å². The molecule has 1 saturated heterocycles. The van der Waals surface area contributed by atoms with Gasteiger partial charge in [0.05, 0.1) is 6.61 Å². The second-order valence-corrected chi connectivity index (χ2v) is 7.39. The summed E-state index contributed by atoms with van der Waals surface area (Å²) >= 11 is 5.55. The molecule has 0 aliphatic carbocycles. The molecule has 0 spiro atoms. The standard InChI is InChI=1S/C13H18BrNOS/c1-9-6-15(7-10(2)17-9)13-5-12(14)4-3-11(13)8-16/h3-5,9-10,16H,6-8H2,1-2H3. The summed E-state index contributed by atoms with van der Waals surface area (Å²) in [7, 11) is 0. The van der Waals surface area contributed by atoms with Gasteiger partial charge in [-0.25, -0.2) is 0 Å². The van der Waals surface area contributed by atoms with Crippen molar-refractivity contribution in [3.63, 3.8) is 0 Å². The molecule has 0 radical (unpaired) electrons. The van der Waals surface area contributed by atoms with Crippen molar-refractivity contribution in [2.45, 2.75) is 31.0 Å². The molecule has 2 unspecified atom stereocenters. The van der Waals surface area contributed by atoms with E-state index in [1.807, 2.05) is 23.9 Å². The SMILES string of the molecule is CC1CN(c2cc(Br)ccc2CO)CC(C)S1. The second-order valence-electron chi connectivity index (χ2n) is 4.59. The third-order valence-corrected chi connectivity index (χ3v) is 4.70. The molecule has 1 aromatic rings. The first-order chi connectivity index (χ1) is 8.10. The van der Waals surface area contributed by atoms with Gasteiger partial charge < -0.3 is 10.0 Å². The Morgan fingerprint density at radius 2 is 2.00 bits per heavy atom. The lowest BCUT2D eigenvalue weighted by Crippen LogP contribution is -2.40. The minimum atomic E-state index is 0.106. The van der Waals surface area contributed by atoms with Crippen LogP contribution in [0.3, 0.4) is 0 Å². The van der Waals surface area contributed by atoms with Crippen molar-refractivity contribution in [2.75, 3.05) is 18.0 Å². The Kier molecular flexibility index (Phi) is 4.39. The smallest absolute Gasteiger partial charge is 0.0702 e. The van der Waals surface area contributed by atoms with Crippen LogP contribution < -0.4 is 4.90 Å². The van der Waals surface area contributed by atoms with E-state index in [4.69, 9.17) is 0 Å². The Bertz CT molecular complexity index is 389. The molecule has 1 fully saturated rings. The van der Waals surface area contributed by atoms with E-state index in [0.717, 1.165) is 23.1 Å². The number of anilines is 1. The summed E-state index contributed by atoms with van der Waals surface area (Å²) in [5, 5.41) is 10.7. The topological polar surface area (TPSA) is 23.5 Å². The molecule has 0 aromatic heterocycles. The minimum absolute atomic E-state index is 0.106. The molecule has 0 bridgehead atoms. The highest BCUT2D eigenvalue weighted by Crippen LogP contribution is 2.32. The number of halogens is 1. The quantitative estimate of drug-likeness (QED) is 0.906. The van der Waals surface area contributed by atoms with Gasteiger partial charge >= 0.3 is 0 Å². The molecule has 2 rings (SSSR count). The molecule has 1 aromatic carbocycles. The van der Waals surface area contributed by atoms with Crippen molar-refractivity contribution in [2.24, 2.45) is 0 Å². The highest BCUT2D eigenvalue weighted by Gasteiger charge is 2.23. The molecule has 1 aliphatic heterocycles. The van der Waals surface area contributed by atoms with E-state index in [0.29, 0.717) is 10.5 Å². The van der Waals surface area contributed by atoms with E-state index >= 15 is 0 Å². The molecule has 94 valence electrons. The Balaban J connectivity index is 2.28. The van der Waals surface area contributed by atoms with E-state index < -0.39 is 0 Å². The van der Waals surface area contributed by atoms with Crippen LogP contribution in [0.5, 0.6) is 0 Å². The van der Waals surface area contributed by atoms with Gasteiger partial charge in [0, 0.05) is 39.3 Å². The van der Waals surface area contributed by atoms with Crippen molar-refractivity contribution in [1.82, 2.24) is 0 Å². The maximum atomic E-state index is 9.42. The predicted octanol–water partition coefficient (Wildman–Crippen LogP) is 3.27. The third kappa shape index (κ3) is 3.18. The average molecular weight is 316 g/mol. The number of hydrogen-bond donors (Lipinski definition) is 1. The van der Waals surface area contributed by atoms with Crippen LogP contribution in [0.2, 0.25) is 0 Å². The van der Waals surface area contributed by atoms with Crippen molar-refractivity contribution < 1.29 is 5.11 Å². The number of thioether (sulfide) groups is 1.